The molecule has 0 fully saturated rings. The summed E-state index contributed by atoms with van der Waals surface area (Å²) in [4.78, 5) is 2.12. The summed E-state index contributed by atoms with van der Waals surface area (Å²) in [7, 11) is 0.825. The summed E-state index contributed by atoms with van der Waals surface area (Å²) in [5.74, 6) is 0.620. The highest BCUT2D eigenvalue weighted by Crippen LogP contribution is 2.27. The van der Waals surface area contributed by atoms with Crippen LogP contribution in [0.15, 0.2) is 46.5 Å². The first-order chi connectivity index (χ1) is 10.5. The molecule has 118 valence electrons. The monoisotopic (exact) mass is 323 g/mol. The molecule has 0 saturated heterocycles. The van der Waals surface area contributed by atoms with Gasteiger partial charge in [-0.05, 0) is 24.3 Å². The molecule has 0 bridgehead atoms. The lowest BCUT2D eigenvalue weighted by molar-refractivity contribution is 0.392. The maximum absolute atomic E-state index is 12.3. The Morgan fingerprint density at radius 2 is 2.00 bits per heavy atom. The first kappa shape index (κ1) is 15.9. The number of aryl methyl sites for hydroxylation is 1. The van der Waals surface area contributed by atoms with Crippen LogP contribution < -0.4 is 14.3 Å². The van der Waals surface area contributed by atoms with Gasteiger partial charge in [-0.1, -0.05) is 0 Å². The Hall–Kier alpha value is -2.48. The number of benzene rings is 1. The van der Waals surface area contributed by atoms with E-state index >= 15 is 0 Å². The Balaban J connectivity index is 2.27. The minimum atomic E-state index is -3.86. The van der Waals surface area contributed by atoms with Gasteiger partial charge in [-0.2, -0.15) is 18.4 Å². The van der Waals surface area contributed by atoms with Crippen molar-refractivity contribution in [2.75, 3.05) is 14.2 Å². The summed E-state index contributed by atoms with van der Waals surface area (Å²) < 4.78 is 36.6. The number of nitrogens with one attached hydrogen (secondary N) is 1. The van der Waals surface area contributed by atoms with Crippen LogP contribution in [0.1, 0.15) is 5.69 Å². The summed E-state index contributed by atoms with van der Waals surface area (Å²) in [5, 5.41) is 3.77. The van der Waals surface area contributed by atoms with Crippen LogP contribution in [-0.4, -0.2) is 33.4 Å². The van der Waals surface area contributed by atoms with E-state index in [4.69, 9.17) is 9.47 Å². The van der Waals surface area contributed by atoms with Crippen molar-refractivity contribution in [2.45, 2.75) is 4.90 Å². The first-order valence-electron chi connectivity index (χ1n) is 6.36. The van der Waals surface area contributed by atoms with E-state index in [-0.39, 0.29) is 10.6 Å². The second-order valence-electron chi connectivity index (χ2n) is 4.41. The molecule has 1 aromatic heterocycles. The fourth-order valence-electron chi connectivity index (χ4n) is 1.81. The molecule has 0 aliphatic rings. The van der Waals surface area contributed by atoms with Crippen LogP contribution in [0.4, 0.5) is 0 Å². The average Bonchev–Trinajstić information content (AvgIpc) is 2.92. The van der Waals surface area contributed by atoms with Gasteiger partial charge in [-0.3, -0.25) is 0 Å². The zero-order valence-electron chi connectivity index (χ0n) is 12.5. The molecule has 0 amide bonds. The van der Waals surface area contributed by atoms with Gasteiger partial charge >= 0.3 is 0 Å². The summed E-state index contributed by atoms with van der Waals surface area (Å²) >= 11 is 0. The van der Waals surface area contributed by atoms with Gasteiger partial charge in [-0.15, -0.1) is 0 Å². The third kappa shape index (κ3) is 3.40. The second kappa shape index (κ2) is 6.52. The molecular formula is C14H17N3O4S. The molecule has 0 aliphatic carbocycles. The Kier molecular flexibility index (Phi) is 4.71. The Morgan fingerprint density at radius 1 is 1.23 bits per heavy atom. The summed E-state index contributed by atoms with van der Waals surface area (Å²) in [6.07, 6.45) is 3.26. The molecule has 7 nitrogen and oxygen atoms in total. The van der Waals surface area contributed by atoms with Gasteiger partial charge in [0.05, 0.1) is 26.1 Å². The van der Waals surface area contributed by atoms with Crippen molar-refractivity contribution in [1.82, 2.24) is 9.40 Å². The van der Waals surface area contributed by atoms with Crippen molar-refractivity contribution < 1.29 is 17.9 Å². The number of nitrogens with zero attached hydrogens (tertiary/aromatic N) is 2. The fraction of sp³-hybridized carbons (Fsp3) is 0.214. The predicted octanol–water partition coefficient (Wildman–Crippen LogP) is 1.35. The standard InChI is InChI=1S/C14H17N3O4S/c1-17-8-4-5-11(17)10-15-16-22(18,19)14-9-12(20-2)6-7-13(14)21-3/h4-10,16H,1-3H3/b15-10-. The third-order valence-electron chi connectivity index (χ3n) is 3.01. The minimum absolute atomic E-state index is 0.0432. The van der Waals surface area contributed by atoms with Crippen LogP contribution in [0.25, 0.3) is 0 Å². The number of hydrogen-bond acceptors (Lipinski definition) is 5. The molecule has 2 rings (SSSR count). The van der Waals surface area contributed by atoms with E-state index < -0.39 is 10.0 Å². The maximum atomic E-state index is 12.3. The molecule has 0 aliphatic heterocycles. The van der Waals surface area contributed by atoms with E-state index in [9.17, 15) is 8.42 Å². The number of ether oxygens (including phenoxy) is 2. The summed E-state index contributed by atoms with van der Waals surface area (Å²) in [6, 6.07) is 8.16. The molecule has 2 aromatic rings. The summed E-state index contributed by atoms with van der Waals surface area (Å²) in [5.41, 5.74) is 0.764. The lowest BCUT2D eigenvalue weighted by atomic mass is 10.3. The second-order valence-corrected chi connectivity index (χ2v) is 6.04. The largest absolute Gasteiger partial charge is 0.497 e. The highest BCUT2D eigenvalue weighted by molar-refractivity contribution is 7.89. The quantitative estimate of drug-likeness (QED) is 0.643. The average molecular weight is 323 g/mol. The topological polar surface area (TPSA) is 81.9 Å². The van der Waals surface area contributed by atoms with Crippen molar-refractivity contribution in [1.29, 1.82) is 0 Å². The van der Waals surface area contributed by atoms with Gasteiger partial charge in [0, 0.05) is 19.3 Å². The lowest BCUT2D eigenvalue weighted by Gasteiger charge is -2.10. The molecule has 0 radical (unpaired) electrons. The van der Waals surface area contributed by atoms with Crippen LogP contribution in [0, 0.1) is 0 Å². The lowest BCUT2D eigenvalue weighted by Crippen LogP contribution is -2.19. The van der Waals surface area contributed by atoms with Crippen molar-refractivity contribution in [3.63, 3.8) is 0 Å². The minimum Gasteiger partial charge on any atom is -0.497 e. The van der Waals surface area contributed by atoms with Gasteiger partial charge in [0.25, 0.3) is 10.0 Å². The zero-order chi connectivity index (χ0) is 16.2. The predicted molar refractivity (Wildman–Crippen MR) is 82.9 cm³/mol. The number of sulfonamides is 1. The Morgan fingerprint density at radius 3 is 2.59 bits per heavy atom. The van der Waals surface area contributed by atoms with E-state index in [1.165, 1.54) is 32.6 Å². The number of methoxy groups -OCH3 is 2. The van der Waals surface area contributed by atoms with Crippen molar-refractivity contribution >= 4 is 16.2 Å². The molecule has 22 heavy (non-hydrogen) atoms. The van der Waals surface area contributed by atoms with Gasteiger partial charge in [0.1, 0.15) is 16.4 Å². The van der Waals surface area contributed by atoms with Crippen LogP contribution in [-0.2, 0) is 17.1 Å². The Labute approximate surface area is 129 Å². The molecule has 0 spiro atoms. The Bertz CT molecular complexity index is 781. The van der Waals surface area contributed by atoms with Gasteiger partial charge in [-0.25, -0.2) is 0 Å². The van der Waals surface area contributed by atoms with E-state index in [0.717, 1.165) is 5.69 Å². The van der Waals surface area contributed by atoms with Crippen LogP contribution in [0.3, 0.4) is 0 Å². The highest BCUT2D eigenvalue weighted by atomic mass is 32.2. The van der Waals surface area contributed by atoms with Crippen LogP contribution >= 0.6 is 0 Å². The fourth-order valence-corrected chi connectivity index (χ4v) is 2.79. The molecule has 1 N–H and O–H groups in total. The van der Waals surface area contributed by atoms with E-state index in [2.05, 4.69) is 9.93 Å². The first-order valence-corrected chi connectivity index (χ1v) is 7.84. The van der Waals surface area contributed by atoms with Crippen molar-refractivity contribution in [3.8, 4) is 11.5 Å². The van der Waals surface area contributed by atoms with E-state index in [1.54, 1.807) is 6.07 Å². The van der Waals surface area contributed by atoms with Crippen LogP contribution in [0.5, 0.6) is 11.5 Å². The SMILES string of the molecule is COc1ccc(OC)c(S(=O)(=O)N/N=C\c2cccn2C)c1. The molecule has 1 heterocycles. The number of aromatic nitrogens is 1. The van der Waals surface area contributed by atoms with E-state index in [1.807, 2.05) is 29.9 Å². The molecule has 0 unspecified atom stereocenters. The number of hydrazone groups is 1. The highest BCUT2D eigenvalue weighted by Gasteiger charge is 2.19. The zero-order valence-corrected chi connectivity index (χ0v) is 13.3. The molecule has 8 heteroatoms. The molecule has 0 saturated carbocycles. The number of hydrogen-bond donors (Lipinski definition) is 1. The third-order valence-corrected chi connectivity index (χ3v) is 4.26. The van der Waals surface area contributed by atoms with Crippen LogP contribution in [0.2, 0.25) is 0 Å². The van der Waals surface area contributed by atoms with Gasteiger partial charge in [0.2, 0.25) is 0 Å². The van der Waals surface area contributed by atoms with E-state index in [0.29, 0.717) is 5.75 Å². The van der Waals surface area contributed by atoms with Gasteiger partial charge in [0.15, 0.2) is 0 Å². The number of rotatable bonds is 6. The molecule has 0 atom stereocenters. The maximum Gasteiger partial charge on any atom is 0.280 e. The summed E-state index contributed by atoms with van der Waals surface area (Å²) in [6.45, 7) is 0. The normalized spacial score (nSPS) is 11.6. The smallest absolute Gasteiger partial charge is 0.280 e. The van der Waals surface area contributed by atoms with Crippen molar-refractivity contribution in [2.24, 2.45) is 12.1 Å². The molecular weight excluding hydrogens is 306 g/mol. The van der Waals surface area contributed by atoms with Crippen molar-refractivity contribution in [3.05, 3.63) is 42.2 Å². The molecule has 1 aromatic carbocycles. The van der Waals surface area contributed by atoms with Gasteiger partial charge < -0.3 is 14.0 Å².